The zero-order chi connectivity index (χ0) is 29.0. The first kappa shape index (κ1) is 26.8. The number of hydrogen-bond acceptors (Lipinski definition) is 8. The van der Waals surface area contributed by atoms with Crippen molar-refractivity contribution < 1.29 is 24.3 Å². The van der Waals surface area contributed by atoms with Gasteiger partial charge in [-0.3, -0.25) is 19.8 Å². The van der Waals surface area contributed by atoms with Crippen LogP contribution in [0.3, 0.4) is 0 Å². The van der Waals surface area contributed by atoms with Crippen molar-refractivity contribution in [1.29, 1.82) is 0 Å². The summed E-state index contributed by atoms with van der Waals surface area (Å²) in [7, 11) is 0. The minimum Gasteiger partial charge on any atom is -0.477 e. The largest absolute Gasteiger partial charge is 0.477 e. The topological polar surface area (TPSA) is 147 Å². The molecule has 0 radical (unpaired) electrons. The average molecular weight is 565 g/mol. The number of rotatable bonds is 8. The van der Waals surface area contributed by atoms with Crippen LogP contribution in [0.4, 0.5) is 15.8 Å². The molecule has 4 aromatic rings. The zero-order valence-corrected chi connectivity index (χ0v) is 22.4. The van der Waals surface area contributed by atoms with Gasteiger partial charge in [0.15, 0.2) is 0 Å². The second-order valence-corrected chi connectivity index (χ2v) is 10.8. The van der Waals surface area contributed by atoms with Crippen LogP contribution in [0.1, 0.15) is 35.1 Å². The van der Waals surface area contributed by atoms with E-state index in [0.29, 0.717) is 60.8 Å². The number of nitro groups is 1. The highest BCUT2D eigenvalue weighted by molar-refractivity contribution is 5.93. The minimum absolute atomic E-state index is 0.0402. The lowest BCUT2D eigenvalue weighted by Gasteiger charge is -2.37. The Morgan fingerprint density at radius 2 is 1.88 bits per heavy atom. The highest BCUT2D eigenvalue weighted by Crippen LogP contribution is 2.38. The molecule has 0 bridgehead atoms. The van der Waals surface area contributed by atoms with Gasteiger partial charge in [0.2, 0.25) is 5.43 Å². The quantitative estimate of drug-likeness (QED) is 0.244. The summed E-state index contributed by atoms with van der Waals surface area (Å²) in [5.41, 5.74) is 1.01. The lowest BCUT2D eigenvalue weighted by Crippen LogP contribution is -2.49. The van der Waals surface area contributed by atoms with Gasteiger partial charge < -0.3 is 24.2 Å². The molecule has 1 saturated carbocycles. The van der Waals surface area contributed by atoms with Crippen molar-refractivity contribution in [3.63, 3.8) is 0 Å². The fraction of sp³-hybridized carbons (Fsp3) is 0.393. The van der Waals surface area contributed by atoms with Crippen LogP contribution in [0.5, 0.6) is 0 Å². The molecule has 6 rings (SSSR count). The summed E-state index contributed by atoms with van der Waals surface area (Å²) >= 11 is 0. The Hall–Kier alpha value is -4.36. The van der Waals surface area contributed by atoms with E-state index in [1.165, 1.54) is 18.3 Å². The second kappa shape index (κ2) is 10.2. The van der Waals surface area contributed by atoms with Gasteiger partial charge in [0, 0.05) is 62.5 Å². The summed E-state index contributed by atoms with van der Waals surface area (Å²) in [5, 5.41) is 31.6. The summed E-state index contributed by atoms with van der Waals surface area (Å²) in [5.74, 6) is -1.26. The van der Waals surface area contributed by atoms with Gasteiger partial charge >= 0.3 is 5.97 Å². The number of aryl methyl sites for hydroxylation is 1. The average Bonchev–Trinajstić information content (AvgIpc) is 3.73. The third kappa shape index (κ3) is 5.02. The molecular formula is C28H29FN6O6. The number of halogens is 1. The second-order valence-electron chi connectivity index (χ2n) is 10.8. The fourth-order valence-corrected chi connectivity index (χ4v) is 5.72. The number of carboxylic acid groups (broad SMARTS) is 1. The molecule has 0 spiro atoms. The first-order chi connectivity index (χ1) is 19.6. The van der Waals surface area contributed by atoms with Crippen LogP contribution in [-0.4, -0.2) is 79.0 Å². The first-order valence-corrected chi connectivity index (χ1v) is 13.5. The number of carbonyl (C=O) groups is 1. The summed E-state index contributed by atoms with van der Waals surface area (Å²) in [6.07, 6.45) is 2.35. The molecule has 214 valence electrons. The monoisotopic (exact) mass is 564 g/mol. The molecule has 2 aromatic carbocycles. The standard InChI is InChI=1S/C28H29FN6O6/c1-16-30-23-5-4-18(35(40)41)10-26(23)33(16)14-19(36)13-31-6-8-32(9-7-31)25-12-24-20(11-22(25)29)27(37)21(28(38)39)15-34(24)17-2-3-17/h4-5,10-12,15,17,19,36H,2-3,6-9,13-14H2,1H3,(H,38,39). The number of fused-ring (bicyclic) bond motifs is 2. The highest BCUT2D eigenvalue weighted by atomic mass is 19.1. The molecule has 12 nitrogen and oxygen atoms in total. The van der Waals surface area contributed by atoms with E-state index in [1.54, 1.807) is 28.2 Å². The summed E-state index contributed by atoms with van der Waals surface area (Å²) in [6.45, 7) is 4.50. The van der Waals surface area contributed by atoms with Gasteiger partial charge in [-0.15, -0.1) is 0 Å². The number of aromatic nitrogens is 3. The van der Waals surface area contributed by atoms with Crippen LogP contribution < -0.4 is 10.3 Å². The number of carboxylic acids is 1. The lowest BCUT2D eigenvalue weighted by atomic mass is 10.1. The number of aromatic carboxylic acids is 1. The van der Waals surface area contributed by atoms with Crippen molar-refractivity contribution in [1.82, 2.24) is 19.0 Å². The van der Waals surface area contributed by atoms with Crippen LogP contribution in [0.2, 0.25) is 0 Å². The molecule has 1 saturated heterocycles. The maximum Gasteiger partial charge on any atom is 0.341 e. The van der Waals surface area contributed by atoms with Crippen LogP contribution in [0.15, 0.2) is 41.3 Å². The van der Waals surface area contributed by atoms with Crippen LogP contribution in [0, 0.1) is 22.9 Å². The summed E-state index contributed by atoms with van der Waals surface area (Å²) < 4.78 is 18.9. The Morgan fingerprint density at radius 3 is 2.54 bits per heavy atom. The number of β-amino-alcohol motifs (C(OH)–C–C–N with tert-alkyl or cyclic N) is 1. The number of imidazole rings is 1. The Labute approximate surface area is 233 Å². The van der Waals surface area contributed by atoms with E-state index in [1.807, 2.05) is 4.90 Å². The lowest BCUT2D eigenvalue weighted by molar-refractivity contribution is -0.384. The predicted molar refractivity (Wildman–Crippen MR) is 149 cm³/mol. The smallest absolute Gasteiger partial charge is 0.341 e. The van der Waals surface area contributed by atoms with E-state index in [4.69, 9.17) is 0 Å². The third-order valence-corrected chi connectivity index (χ3v) is 7.98. The molecule has 1 unspecified atom stereocenters. The Kier molecular flexibility index (Phi) is 6.70. The number of non-ortho nitro benzene ring substituents is 1. The van der Waals surface area contributed by atoms with Gasteiger partial charge in [0.25, 0.3) is 5.69 Å². The molecule has 2 fully saturated rings. The van der Waals surface area contributed by atoms with E-state index in [0.717, 1.165) is 18.9 Å². The van der Waals surface area contributed by atoms with Gasteiger partial charge in [-0.05, 0) is 38.0 Å². The van der Waals surface area contributed by atoms with Gasteiger partial charge in [0.05, 0.1) is 39.8 Å². The third-order valence-electron chi connectivity index (χ3n) is 7.98. The maximum absolute atomic E-state index is 15.3. The Morgan fingerprint density at radius 1 is 1.15 bits per heavy atom. The molecule has 3 heterocycles. The molecule has 41 heavy (non-hydrogen) atoms. The first-order valence-electron chi connectivity index (χ1n) is 13.5. The Bertz CT molecular complexity index is 1750. The number of nitro benzene ring substituents is 1. The van der Waals surface area contributed by atoms with Crippen molar-refractivity contribution in [2.45, 2.75) is 38.5 Å². The molecular weight excluding hydrogens is 535 g/mol. The molecule has 13 heteroatoms. The number of piperazine rings is 1. The number of pyridine rings is 1. The van der Waals surface area contributed by atoms with Crippen LogP contribution >= 0.6 is 0 Å². The highest BCUT2D eigenvalue weighted by Gasteiger charge is 2.29. The molecule has 1 aliphatic heterocycles. The van der Waals surface area contributed by atoms with Crippen LogP contribution in [0.25, 0.3) is 21.9 Å². The number of aliphatic hydroxyl groups is 1. The Balaban J connectivity index is 1.16. The number of hydrogen-bond donors (Lipinski definition) is 2. The SMILES string of the molecule is Cc1nc2ccc([N+](=O)[O-])cc2n1CC(O)CN1CCN(c2cc3c(cc2F)c(=O)c(C(=O)O)cn3C2CC2)CC1. The summed E-state index contributed by atoms with van der Waals surface area (Å²) in [6, 6.07) is 7.36. The number of aliphatic hydroxyl groups excluding tert-OH is 1. The van der Waals surface area contributed by atoms with Crippen molar-refractivity contribution >= 4 is 39.3 Å². The van der Waals surface area contributed by atoms with Crippen molar-refractivity contribution in [3.05, 3.63) is 74.1 Å². The summed E-state index contributed by atoms with van der Waals surface area (Å²) in [4.78, 5) is 43.6. The van der Waals surface area contributed by atoms with Gasteiger partial charge in [-0.2, -0.15) is 0 Å². The van der Waals surface area contributed by atoms with E-state index >= 15 is 4.39 Å². The maximum atomic E-state index is 15.3. The molecule has 2 aromatic heterocycles. The number of benzene rings is 2. The molecule has 2 N–H and O–H groups in total. The van der Waals surface area contributed by atoms with Crippen LogP contribution in [-0.2, 0) is 6.54 Å². The van der Waals surface area contributed by atoms with E-state index < -0.39 is 28.2 Å². The van der Waals surface area contributed by atoms with Gasteiger partial charge in [-0.1, -0.05) is 0 Å². The molecule has 0 amide bonds. The number of nitrogens with zero attached hydrogens (tertiary/aromatic N) is 6. The predicted octanol–water partition coefficient (Wildman–Crippen LogP) is 2.92. The van der Waals surface area contributed by atoms with Crippen molar-refractivity contribution in [2.75, 3.05) is 37.6 Å². The minimum atomic E-state index is -1.33. The van der Waals surface area contributed by atoms with E-state index in [-0.39, 0.29) is 29.2 Å². The van der Waals surface area contributed by atoms with Crippen molar-refractivity contribution in [2.24, 2.45) is 0 Å². The molecule has 2 aliphatic rings. The number of anilines is 1. The molecule has 1 atom stereocenters. The normalized spacial score (nSPS) is 16.9. The van der Waals surface area contributed by atoms with Gasteiger partial charge in [-0.25, -0.2) is 14.2 Å². The zero-order valence-electron chi connectivity index (χ0n) is 22.4. The molecule has 1 aliphatic carbocycles. The van der Waals surface area contributed by atoms with E-state index in [2.05, 4.69) is 9.88 Å². The fourth-order valence-electron chi connectivity index (χ4n) is 5.72. The van der Waals surface area contributed by atoms with Crippen molar-refractivity contribution in [3.8, 4) is 0 Å². The van der Waals surface area contributed by atoms with Gasteiger partial charge in [0.1, 0.15) is 17.2 Å². The van der Waals surface area contributed by atoms with E-state index in [9.17, 15) is 29.9 Å².